The highest BCUT2D eigenvalue weighted by Gasteiger charge is 2.39. The van der Waals surface area contributed by atoms with Crippen LogP contribution in [0.4, 0.5) is 0 Å². The van der Waals surface area contributed by atoms with Gasteiger partial charge >= 0.3 is 5.97 Å². The highest BCUT2D eigenvalue weighted by molar-refractivity contribution is 6.02. The van der Waals surface area contributed by atoms with Gasteiger partial charge in [-0.15, -0.1) is 0 Å². The first-order valence-corrected chi connectivity index (χ1v) is 7.28. The Morgan fingerprint density at radius 3 is 2.82 bits per heavy atom. The molecule has 1 aromatic rings. The molecule has 5 heteroatoms. The number of esters is 1. The highest BCUT2D eigenvalue weighted by atomic mass is 16.5. The first-order valence-electron chi connectivity index (χ1n) is 7.28. The first-order chi connectivity index (χ1) is 10.5. The van der Waals surface area contributed by atoms with Gasteiger partial charge in [-0.25, -0.2) is 0 Å². The molecule has 5 nitrogen and oxygen atoms in total. The quantitative estimate of drug-likeness (QED) is 0.477. The number of rotatable bonds is 2. The van der Waals surface area contributed by atoms with Crippen LogP contribution in [0.5, 0.6) is 5.75 Å². The monoisotopic (exact) mass is 299 g/mol. The van der Waals surface area contributed by atoms with Crippen molar-refractivity contribution in [1.29, 1.82) is 0 Å². The lowest BCUT2D eigenvalue weighted by Gasteiger charge is -2.30. The van der Waals surface area contributed by atoms with Crippen molar-refractivity contribution in [3.05, 3.63) is 41.5 Å². The van der Waals surface area contributed by atoms with Gasteiger partial charge in [0.2, 0.25) is 0 Å². The van der Waals surface area contributed by atoms with E-state index in [2.05, 4.69) is 6.58 Å². The van der Waals surface area contributed by atoms with Gasteiger partial charge in [-0.1, -0.05) is 18.2 Å². The van der Waals surface area contributed by atoms with Crippen LogP contribution >= 0.6 is 0 Å². The predicted molar refractivity (Wildman–Crippen MR) is 79.4 cm³/mol. The van der Waals surface area contributed by atoms with Crippen LogP contribution in [0.2, 0.25) is 0 Å². The number of hydrogen-bond acceptors (Lipinski definition) is 4. The van der Waals surface area contributed by atoms with E-state index >= 15 is 0 Å². The number of nitrogens with zero attached hydrogens (tertiary/aromatic N) is 1. The molecular weight excluding hydrogens is 282 g/mol. The van der Waals surface area contributed by atoms with Gasteiger partial charge in [0.05, 0.1) is 12.6 Å². The molecule has 22 heavy (non-hydrogen) atoms. The molecular formula is C17H17NO4. The molecule has 3 rings (SSSR count). The second kappa shape index (κ2) is 5.40. The molecule has 0 N–H and O–H groups in total. The Kier molecular flexibility index (Phi) is 3.56. The molecule has 1 fully saturated rings. The predicted octanol–water partition coefficient (Wildman–Crippen LogP) is 2.25. The zero-order chi connectivity index (χ0) is 15.9. The van der Waals surface area contributed by atoms with Gasteiger partial charge in [0.25, 0.3) is 5.91 Å². The minimum Gasteiger partial charge on any atom is -0.426 e. The number of carbonyl (C=O) groups is 3. The van der Waals surface area contributed by atoms with Gasteiger partial charge in [-0.3, -0.25) is 14.4 Å². The lowest BCUT2D eigenvalue weighted by atomic mass is 9.90. The molecule has 1 aliphatic heterocycles. The van der Waals surface area contributed by atoms with E-state index in [0.29, 0.717) is 36.3 Å². The van der Waals surface area contributed by atoms with Gasteiger partial charge in [-0.2, -0.15) is 0 Å². The Morgan fingerprint density at radius 1 is 1.36 bits per heavy atom. The molecule has 1 atom stereocenters. The van der Waals surface area contributed by atoms with Crippen molar-refractivity contribution in [3.63, 3.8) is 0 Å². The molecule has 0 aromatic heterocycles. The molecule has 0 bridgehead atoms. The Labute approximate surface area is 128 Å². The van der Waals surface area contributed by atoms with Crippen molar-refractivity contribution in [2.45, 2.75) is 38.8 Å². The molecule has 1 aromatic carbocycles. The minimum absolute atomic E-state index is 0.0337. The van der Waals surface area contributed by atoms with Crippen LogP contribution in [0.3, 0.4) is 0 Å². The number of ether oxygens (including phenoxy) is 1. The van der Waals surface area contributed by atoms with Crippen LogP contribution in [0.25, 0.3) is 0 Å². The Balaban J connectivity index is 1.89. The van der Waals surface area contributed by atoms with Crippen molar-refractivity contribution >= 4 is 17.7 Å². The third kappa shape index (κ3) is 2.43. The third-order valence-electron chi connectivity index (χ3n) is 4.15. The lowest BCUT2D eigenvalue weighted by molar-refractivity contribution is -0.132. The number of amides is 1. The maximum absolute atomic E-state index is 12.6. The van der Waals surface area contributed by atoms with Crippen LogP contribution in [-0.4, -0.2) is 28.6 Å². The van der Waals surface area contributed by atoms with E-state index in [1.807, 2.05) is 0 Å². The molecule has 1 saturated carbocycles. The summed E-state index contributed by atoms with van der Waals surface area (Å²) in [7, 11) is 0. The highest BCUT2D eigenvalue weighted by Crippen LogP contribution is 2.35. The summed E-state index contributed by atoms with van der Waals surface area (Å²) in [6, 6.07) is 4.65. The van der Waals surface area contributed by atoms with Crippen molar-refractivity contribution in [1.82, 2.24) is 4.90 Å². The summed E-state index contributed by atoms with van der Waals surface area (Å²) in [5.74, 6) is -0.167. The molecule has 114 valence electrons. The number of Topliss-reactive ketones (excluding diaryl/α,β-unsaturated/α-hetero) is 1. The van der Waals surface area contributed by atoms with Gasteiger partial charge in [0.15, 0.2) is 5.78 Å². The van der Waals surface area contributed by atoms with Crippen molar-refractivity contribution in [2.24, 2.45) is 0 Å². The van der Waals surface area contributed by atoms with E-state index in [4.69, 9.17) is 4.74 Å². The zero-order valence-corrected chi connectivity index (χ0v) is 12.4. The second-order valence-electron chi connectivity index (χ2n) is 5.76. The number of carbonyl (C=O) groups excluding carboxylic acids is 3. The molecule has 1 amide bonds. The average Bonchev–Trinajstić information content (AvgIpc) is 2.77. The fourth-order valence-corrected chi connectivity index (χ4v) is 3.11. The average molecular weight is 299 g/mol. The van der Waals surface area contributed by atoms with E-state index in [0.717, 1.165) is 12.0 Å². The van der Waals surface area contributed by atoms with Crippen LogP contribution in [0.15, 0.2) is 30.4 Å². The van der Waals surface area contributed by atoms with Crippen molar-refractivity contribution in [2.75, 3.05) is 0 Å². The smallest absolute Gasteiger partial charge is 0.308 e. The van der Waals surface area contributed by atoms with Crippen LogP contribution in [0.1, 0.15) is 42.1 Å². The summed E-state index contributed by atoms with van der Waals surface area (Å²) in [6.45, 7) is 5.48. The van der Waals surface area contributed by atoms with E-state index in [9.17, 15) is 14.4 Å². The Bertz CT molecular complexity index is 692. The van der Waals surface area contributed by atoms with Crippen LogP contribution in [-0.2, 0) is 16.1 Å². The van der Waals surface area contributed by atoms with Crippen LogP contribution in [0, 0.1) is 0 Å². The van der Waals surface area contributed by atoms with Crippen molar-refractivity contribution < 1.29 is 19.1 Å². The molecule has 1 aliphatic carbocycles. The van der Waals surface area contributed by atoms with E-state index in [1.165, 1.54) is 6.92 Å². The SMILES string of the molecule is C=C1CCC(N2Cc3c(OC(C)=O)cccc3C2=O)C(=O)C1. The molecule has 0 spiro atoms. The Hall–Kier alpha value is -2.43. The fraction of sp³-hybridized carbons (Fsp3) is 0.353. The summed E-state index contributed by atoms with van der Waals surface area (Å²) in [5.41, 5.74) is 2.11. The summed E-state index contributed by atoms with van der Waals surface area (Å²) in [4.78, 5) is 37.6. The fourth-order valence-electron chi connectivity index (χ4n) is 3.11. The summed E-state index contributed by atoms with van der Waals surface area (Å²) >= 11 is 0. The van der Waals surface area contributed by atoms with Gasteiger partial charge in [0.1, 0.15) is 5.75 Å². The van der Waals surface area contributed by atoms with Gasteiger partial charge < -0.3 is 9.64 Å². The van der Waals surface area contributed by atoms with Gasteiger partial charge in [0, 0.05) is 24.5 Å². The van der Waals surface area contributed by atoms with Crippen molar-refractivity contribution in [3.8, 4) is 5.75 Å². The number of fused-ring (bicyclic) bond motifs is 1. The number of hydrogen-bond donors (Lipinski definition) is 0. The number of benzene rings is 1. The van der Waals surface area contributed by atoms with E-state index in [-0.39, 0.29) is 11.7 Å². The molecule has 0 saturated heterocycles. The minimum atomic E-state index is -0.427. The van der Waals surface area contributed by atoms with E-state index in [1.54, 1.807) is 23.1 Å². The summed E-state index contributed by atoms with van der Waals surface area (Å²) in [6.07, 6.45) is 1.70. The Morgan fingerprint density at radius 2 is 2.14 bits per heavy atom. The van der Waals surface area contributed by atoms with Gasteiger partial charge in [-0.05, 0) is 25.0 Å². The largest absolute Gasteiger partial charge is 0.426 e. The molecule has 1 heterocycles. The molecule has 2 aliphatic rings. The van der Waals surface area contributed by atoms with Crippen LogP contribution < -0.4 is 4.74 Å². The summed E-state index contributed by atoms with van der Waals surface area (Å²) in [5, 5.41) is 0. The first kappa shape index (κ1) is 14.5. The lowest BCUT2D eigenvalue weighted by Crippen LogP contribution is -2.43. The topological polar surface area (TPSA) is 63.7 Å². The second-order valence-corrected chi connectivity index (χ2v) is 5.76. The maximum Gasteiger partial charge on any atom is 0.308 e. The number of ketones is 1. The third-order valence-corrected chi connectivity index (χ3v) is 4.15. The maximum atomic E-state index is 12.6. The number of allylic oxidation sites excluding steroid dienone is 1. The normalized spacial score (nSPS) is 21.0. The zero-order valence-electron chi connectivity index (χ0n) is 12.4. The molecule has 0 radical (unpaired) electrons. The molecule has 1 unspecified atom stereocenters. The summed E-state index contributed by atoms with van der Waals surface area (Å²) < 4.78 is 5.17. The standard InChI is InChI=1S/C17H17NO4/c1-10-6-7-14(15(20)8-10)18-9-13-12(17(18)21)4-3-5-16(13)22-11(2)19/h3-5,14H,1,6-9H2,2H3. The van der Waals surface area contributed by atoms with E-state index < -0.39 is 12.0 Å².